The smallest absolute Gasteiger partial charge is 0.222 e. The Morgan fingerprint density at radius 1 is 1.29 bits per heavy atom. The van der Waals surface area contributed by atoms with E-state index >= 15 is 0 Å². The van der Waals surface area contributed by atoms with Gasteiger partial charge in [-0.25, -0.2) is 0 Å². The molecule has 0 spiro atoms. The van der Waals surface area contributed by atoms with E-state index < -0.39 is 0 Å². The lowest BCUT2D eigenvalue weighted by atomic mass is 10.0. The zero-order valence-electron chi connectivity index (χ0n) is 13.2. The van der Waals surface area contributed by atoms with Crippen LogP contribution in [-0.2, 0) is 11.2 Å². The topological polar surface area (TPSA) is 32.3 Å². The third-order valence-corrected chi connectivity index (χ3v) is 4.35. The summed E-state index contributed by atoms with van der Waals surface area (Å²) in [5, 5.41) is 3.54. The maximum absolute atomic E-state index is 12.1. The summed E-state index contributed by atoms with van der Waals surface area (Å²) in [6.07, 6.45) is 7.55. The molecule has 1 aliphatic heterocycles. The fourth-order valence-electron chi connectivity index (χ4n) is 2.92. The lowest BCUT2D eigenvalue weighted by Gasteiger charge is -2.26. The molecule has 1 saturated heterocycles. The molecule has 1 aromatic carbocycles. The van der Waals surface area contributed by atoms with Crippen molar-refractivity contribution in [1.29, 1.82) is 0 Å². The zero-order valence-corrected chi connectivity index (χ0v) is 13.2. The molecular weight excluding hydrogens is 260 g/mol. The second kappa shape index (κ2) is 8.83. The predicted octanol–water partition coefficient (Wildman–Crippen LogP) is 3.00. The Morgan fingerprint density at radius 3 is 2.81 bits per heavy atom. The van der Waals surface area contributed by atoms with Gasteiger partial charge >= 0.3 is 0 Å². The van der Waals surface area contributed by atoms with Gasteiger partial charge < -0.3 is 10.2 Å². The van der Waals surface area contributed by atoms with Crippen LogP contribution in [0.4, 0.5) is 0 Å². The van der Waals surface area contributed by atoms with Gasteiger partial charge in [0, 0.05) is 26.1 Å². The number of carbonyl (C=O) groups is 1. The molecule has 0 radical (unpaired) electrons. The summed E-state index contributed by atoms with van der Waals surface area (Å²) in [4.78, 5) is 14.0. The van der Waals surface area contributed by atoms with Gasteiger partial charge in [-0.3, -0.25) is 4.79 Å². The van der Waals surface area contributed by atoms with Crippen molar-refractivity contribution in [3.8, 4) is 0 Å². The van der Waals surface area contributed by atoms with E-state index in [4.69, 9.17) is 0 Å². The van der Waals surface area contributed by atoms with Crippen LogP contribution in [-0.4, -0.2) is 37.0 Å². The predicted molar refractivity (Wildman–Crippen MR) is 87.3 cm³/mol. The molecule has 1 heterocycles. The van der Waals surface area contributed by atoms with Gasteiger partial charge in [-0.15, -0.1) is 0 Å². The Bertz CT molecular complexity index is 412. The van der Waals surface area contributed by atoms with Crippen molar-refractivity contribution in [2.24, 2.45) is 0 Å². The lowest BCUT2D eigenvalue weighted by Crippen LogP contribution is -2.38. The summed E-state index contributed by atoms with van der Waals surface area (Å²) in [5.74, 6) is 0.279. The van der Waals surface area contributed by atoms with E-state index in [0.717, 1.165) is 32.4 Å². The van der Waals surface area contributed by atoms with Crippen LogP contribution in [0.15, 0.2) is 30.3 Å². The molecule has 21 heavy (non-hydrogen) atoms. The third kappa shape index (κ3) is 5.88. The first-order chi connectivity index (χ1) is 10.3. The first-order valence-corrected chi connectivity index (χ1v) is 8.27. The number of hydrogen-bond donors (Lipinski definition) is 1. The van der Waals surface area contributed by atoms with Crippen molar-refractivity contribution in [1.82, 2.24) is 10.2 Å². The van der Waals surface area contributed by atoms with Crippen molar-refractivity contribution >= 4 is 5.91 Å². The van der Waals surface area contributed by atoms with Gasteiger partial charge in [-0.05, 0) is 44.2 Å². The number of rotatable bonds is 7. The van der Waals surface area contributed by atoms with Crippen LogP contribution in [0.25, 0.3) is 0 Å². The number of nitrogens with zero attached hydrogens (tertiary/aromatic N) is 1. The molecule has 0 bridgehead atoms. The number of hydrogen-bond acceptors (Lipinski definition) is 2. The molecule has 2 rings (SSSR count). The summed E-state index contributed by atoms with van der Waals surface area (Å²) >= 11 is 0. The molecule has 3 nitrogen and oxygen atoms in total. The van der Waals surface area contributed by atoms with Gasteiger partial charge in [-0.1, -0.05) is 36.8 Å². The molecule has 116 valence electrons. The molecule has 1 amide bonds. The molecule has 1 aliphatic rings. The standard InChI is InChI=1S/C18H28N2O/c1-20(15-13-17-11-5-6-14-19-17)18(21)12-7-10-16-8-3-2-4-9-16/h2-4,8-9,17,19H,5-7,10-15H2,1H3. The van der Waals surface area contributed by atoms with Crippen molar-refractivity contribution in [2.75, 3.05) is 20.1 Å². The molecule has 1 fully saturated rings. The van der Waals surface area contributed by atoms with Crippen molar-refractivity contribution in [2.45, 2.75) is 51.0 Å². The Morgan fingerprint density at radius 2 is 2.10 bits per heavy atom. The molecule has 0 aromatic heterocycles. The average Bonchev–Trinajstić information content (AvgIpc) is 2.54. The van der Waals surface area contributed by atoms with Crippen LogP contribution in [0, 0.1) is 0 Å². The minimum Gasteiger partial charge on any atom is -0.346 e. The molecular formula is C18H28N2O. The minimum atomic E-state index is 0.279. The quantitative estimate of drug-likeness (QED) is 0.836. The van der Waals surface area contributed by atoms with Gasteiger partial charge in [0.15, 0.2) is 0 Å². The first-order valence-electron chi connectivity index (χ1n) is 8.27. The molecule has 0 aliphatic carbocycles. The van der Waals surface area contributed by atoms with Crippen LogP contribution in [0.1, 0.15) is 44.1 Å². The fraction of sp³-hybridized carbons (Fsp3) is 0.611. The zero-order chi connectivity index (χ0) is 14.9. The average molecular weight is 288 g/mol. The SMILES string of the molecule is CN(CCC1CCCCN1)C(=O)CCCc1ccccc1. The van der Waals surface area contributed by atoms with Gasteiger partial charge in [0.1, 0.15) is 0 Å². The maximum Gasteiger partial charge on any atom is 0.222 e. The molecule has 1 aromatic rings. The Labute approximate surface area is 128 Å². The van der Waals surface area contributed by atoms with Crippen LogP contribution in [0.2, 0.25) is 0 Å². The highest BCUT2D eigenvalue weighted by molar-refractivity contribution is 5.75. The molecule has 1 N–H and O–H groups in total. The van der Waals surface area contributed by atoms with Crippen LogP contribution in [0.5, 0.6) is 0 Å². The van der Waals surface area contributed by atoms with E-state index in [2.05, 4.69) is 29.6 Å². The van der Waals surface area contributed by atoms with E-state index in [1.807, 2.05) is 18.0 Å². The normalized spacial score (nSPS) is 18.4. The molecule has 0 saturated carbocycles. The van der Waals surface area contributed by atoms with Crippen molar-refractivity contribution in [3.63, 3.8) is 0 Å². The van der Waals surface area contributed by atoms with Gasteiger partial charge in [-0.2, -0.15) is 0 Å². The molecule has 3 heteroatoms. The maximum atomic E-state index is 12.1. The summed E-state index contributed by atoms with van der Waals surface area (Å²) < 4.78 is 0. The Balaban J connectivity index is 1.60. The number of piperidine rings is 1. The van der Waals surface area contributed by atoms with Gasteiger partial charge in [0.25, 0.3) is 0 Å². The Hall–Kier alpha value is -1.35. The number of amides is 1. The fourth-order valence-corrected chi connectivity index (χ4v) is 2.92. The van der Waals surface area contributed by atoms with Crippen LogP contribution >= 0.6 is 0 Å². The largest absolute Gasteiger partial charge is 0.346 e. The van der Waals surface area contributed by atoms with E-state index in [1.165, 1.54) is 24.8 Å². The first kappa shape index (κ1) is 16.0. The summed E-state index contributed by atoms with van der Waals surface area (Å²) in [7, 11) is 1.94. The number of carbonyl (C=O) groups excluding carboxylic acids is 1. The van der Waals surface area contributed by atoms with E-state index in [-0.39, 0.29) is 5.91 Å². The summed E-state index contributed by atoms with van der Waals surface area (Å²) in [5.41, 5.74) is 1.32. The molecule has 1 atom stereocenters. The van der Waals surface area contributed by atoms with Crippen LogP contribution in [0.3, 0.4) is 0 Å². The molecule has 1 unspecified atom stereocenters. The van der Waals surface area contributed by atoms with Gasteiger partial charge in [0.05, 0.1) is 0 Å². The highest BCUT2D eigenvalue weighted by Gasteiger charge is 2.15. The lowest BCUT2D eigenvalue weighted by molar-refractivity contribution is -0.130. The highest BCUT2D eigenvalue weighted by Crippen LogP contribution is 2.11. The van der Waals surface area contributed by atoms with E-state index in [0.29, 0.717) is 12.5 Å². The highest BCUT2D eigenvalue weighted by atomic mass is 16.2. The third-order valence-electron chi connectivity index (χ3n) is 4.35. The number of aryl methyl sites for hydroxylation is 1. The second-order valence-corrected chi connectivity index (χ2v) is 6.09. The van der Waals surface area contributed by atoms with E-state index in [1.54, 1.807) is 0 Å². The second-order valence-electron chi connectivity index (χ2n) is 6.09. The Kier molecular flexibility index (Phi) is 6.74. The monoisotopic (exact) mass is 288 g/mol. The van der Waals surface area contributed by atoms with Crippen molar-refractivity contribution in [3.05, 3.63) is 35.9 Å². The summed E-state index contributed by atoms with van der Waals surface area (Å²) in [6, 6.07) is 11.0. The minimum absolute atomic E-state index is 0.279. The summed E-state index contributed by atoms with van der Waals surface area (Å²) in [6.45, 7) is 2.02. The number of nitrogens with one attached hydrogen (secondary N) is 1. The van der Waals surface area contributed by atoms with Crippen LogP contribution < -0.4 is 5.32 Å². The van der Waals surface area contributed by atoms with E-state index in [9.17, 15) is 4.79 Å². The number of benzene rings is 1. The van der Waals surface area contributed by atoms with Crippen molar-refractivity contribution < 1.29 is 4.79 Å². The van der Waals surface area contributed by atoms with Gasteiger partial charge in [0.2, 0.25) is 5.91 Å².